The van der Waals surface area contributed by atoms with E-state index in [1.165, 1.54) is 0 Å². The number of hydrogen-bond acceptors (Lipinski definition) is 4. The fourth-order valence-electron chi connectivity index (χ4n) is 1.72. The number of nitrogens with one attached hydrogen (secondary N) is 1. The summed E-state index contributed by atoms with van der Waals surface area (Å²) in [5, 5.41) is 0.858. The zero-order chi connectivity index (χ0) is 14.5. The monoisotopic (exact) mass is 270 g/mol. The summed E-state index contributed by atoms with van der Waals surface area (Å²) in [6.45, 7) is 0. The number of hydrazine groups is 2. The predicted octanol–water partition coefficient (Wildman–Crippen LogP) is 1.18. The van der Waals surface area contributed by atoms with Gasteiger partial charge in [0.2, 0.25) is 0 Å². The molecule has 102 valence electrons. The van der Waals surface area contributed by atoms with Crippen molar-refractivity contribution >= 4 is 17.5 Å². The SMILES string of the molecule is NNC(=O)N(N)c1ccc(C(=O)c2ccccc2)cc1. The molecule has 0 bridgehead atoms. The number of rotatable bonds is 3. The van der Waals surface area contributed by atoms with Gasteiger partial charge in [-0.3, -0.25) is 10.2 Å². The van der Waals surface area contributed by atoms with Crippen molar-refractivity contribution in [2.45, 2.75) is 0 Å². The number of nitrogens with two attached hydrogens (primary N) is 2. The summed E-state index contributed by atoms with van der Waals surface area (Å²) in [4.78, 5) is 23.4. The molecular formula is C14H14N4O2. The van der Waals surface area contributed by atoms with Gasteiger partial charge in [0, 0.05) is 11.1 Å². The van der Waals surface area contributed by atoms with Crippen molar-refractivity contribution in [2.75, 3.05) is 5.01 Å². The lowest BCUT2D eigenvalue weighted by molar-refractivity contribution is 0.103. The molecule has 0 spiro atoms. The standard InChI is InChI=1S/C14H14N4O2/c15-17-14(20)18(16)12-8-6-11(7-9-12)13(19)10-4-2-1-3-5-10/h1-9H,15-16H2,(H,17,20). The van der Waals surface area contributed by atoms with Crippen LogP contribution in [0, 0.1) is 0 Å². The smallest absolute Gasteiger partial charge is 0.289 e. The summed E-state index contributed by atoms with van der Waals surface area (Å²) in [7, 11) is 0. The zero-order valence-corrected chi connectivity index (χ0v) is 10.6. The van der Waals surface area contributed by atoms with Crippen LogP contribution in [0.3, 0.4) is 0 Å². The first-order valence-electron chi connectivity index (χ1n) is 5.88. The number of amides is 2. The average molecular weight is 270 g/mol. The molecule has 0 saturated carbocycles. The molecule has 0 aromatic heterocycles. The second-order valence-electron chi connectivity index (χ2n) is 4.06. The highest BCUT2D eigenvalue weighted by molar-refractivity contribution is 6.09. The molecule has 6 nitrogen and oxygen atoms in total. The largest absolute Gasteiger partial charge is 0.350 e. The van der Waals surface area contributed by atoms with Crippen molar-refractivity contribution in [1.82, 2.24) is 5.43 Å². The van der Waals surface area contributed by atoms with Gasteiger partial charge in [-0.15, -0.1) is 0 Å². The fourth-order valence-corrected chi connectivity index (χ4v) is 1.72. The van der Waals surface area contributed by atoms with Crippen LogP contribution in [0.1, 0.15) is 15.9 Å². The lowest BCUT2D eigenvalue weighted by atomic mass is 10.0. The van der Waals surface area contributed by atoms with Gasteiger partial charge in [0.1, 0.15) is 0 Å². The third-order valence-corrected chi connectivity index (χ3v) is 2.79. The van der Waals surface area contributed by atoms with Gasteiger partial charge in [0.15, 0.2) is 5.78 Å². The Morgan fingerprint density at radius 3 is 2.00 bits per heavy atom. The molecule has 2 aromatic rings. The van der Waals surface area contributed by atoms with E-state index >= 15 is 0 Å². The molecule has 0 aliphatic carbocycles. The number of nitrogens with zero attached hydrogens (tertiary/aromatic N) is 1. The Morgan fingerprint density at radius 2 is 1.45 bits per heavy atom. The Kier molecular flexibility index (Phi) is 4.09. The molecule has 0 fully saturated rings. The van der Waals surface area contributed by atoms with E-state index in [0.29, 0.717) is 16.8 Å². The van der Waals surface area contributed by atoms with Crippen LogP contribution in [0.4, 0.5) is 10.5 Å². The van der Waals surface area contributed by atoms with Crippen molar-refractivity contribution in [3.63, 3.8) is 0 Å². The third kappa shape index (κ3) is 2.82. The Hall–Kier alpha value is -2.70. The molecule has 0 aliphatic heterocycles. The van der Waals surface area contributed by atoms with Crippen molar-refractivity contribution in [3.8, 4) is 0 Å². The molecule has 2 rings (SSSR count). The van der Waals surface area contributed by atoms with Crippen LogP contribution in [0.15, 0.2) is 54.6 Å². The maximum atomic E-state index is 12.2. The number of carbonyl (C=O) groups is 2. The van der Waals surface area contributed by atoms with E-state index in [4.69, 9.17) is 11.7 Å². The summed E-state index contributed by atoms with van der Waals surface area (Å²) >= 11 is 0. The minimum absolute atomic E-state index is 0.0935. The second-order valence-corrected chi connectivity index (χ2v) is 4.06. The quantitative estimate of drug-likeness (QED) is 0.337. The van der Waals surface area contributed by atoms with Gasteiger partial charge in [0.05, 0.1) is 5.69 Å². The van der Waals surface area contributed by atoms with Crippen LogP contribution < -0.4 is 22.1 Å². The van der Waals surface area contributed by atoms with Gasteiger partial charge in [-0.2, -0.15) is 0 Å². The lowest BCUT2D eigenvalue weighted by Gasteiger charge is -2.15. The highest BCUT2D eigenvalue weighted by Gasteiger charge is 2.12. The first-order chi connectivity index (χ1) is 9.63. The van der Waals surface area contributed by atoms with Gasteiger partial charge in [-0.25, -0.2) is 21.5 Å². The van der Waals surface area contributed by atoms with Gasteiger partial charge < -0.3 is 0 Å². The fraction of sp³-hybridized carbons (Fsp3) is 0. The van der Waals surface area contributed by atoms with E-state index in [2.05, 4.69) is 0 Å². The number of benzene rings is 2. The molecule has 0 saturated heterocycles. The van der Waals surface area contributed by atoms with E-state index in [9.17, 15) is 9.59 Å². The topological polar surface area (TPSA) is 101 Å². The van der Waals surface area contributed by atoms with Crippen molar-refractivity contribution in [1.29, 1.82) is 0 Å². The van der Waals surface area contributed by atoms with Crippen LogP contribution in [0.2, 0.25) is 0 Å². The number of hydrogen-bond donors (Lipinski definition) is 3. The third-order valence-electron chi connectivity index (χ3n) is 2.79. The summed E-state index contributed by atoms with van der Waals surface area (Å²) in [6.07, 6.45) is 0. The average Bonchev–Trinajstić information content (AvgIpc) is 2.53. The lowest BCUT2D eigenvalue weighted by Crippen LogP contribution is -2.47. The molecule has 0 radical (unpaired) electrons. The van der Waals surface area contributed by atoms with Crippen LogP contribution in [0.25, 0.3) is 0 Å². The van der Waals surface area contributed by atoms with Gasteiger partial charge in [-0.1, -0.05) is 30.3 Å². The van der Waals surface area contributed by atoms with Crippen LogP contribution >= 0.6 is 0 Å². The number of ketones is 1. The normalized spacial score (nSPS) is 9.90. The summed E-state index contributed by atoms with van der Waals surface area (Å²) in [6, 6.07) is 14.6. The highest BCUT2D eigenvalue weighted by Crippen LogP contribution is 2.15. The molecule has 0 atom stereocenters. The molecular weight excluding hydrogens is 256 g/mol. The maximum absolute atomic E-state index is 12.2. The zero-order valence-electron chi connectivity index (χ0n) is 10.6. The molecule has 0 unspecified atom stereocenters. The minimum atomic E-state index is -0.646. The van der Waals surface area contributed by atoms with E-state index in [0.717, 1.165) is 5.01 Å². The molecule has 2 aromatic carbocycles. The maximum Gasteiger partial charge on any atom is 0.350 e. The molecule has 5 N–H and O–H groups in total. The van der Waals surface area contributed by atoms with Crippen LogP contribution in [0.5, 0.6) is 0 Å². The summed E-state index contributed by atoms with van der Waals surface area (Å²) < 4.78 is 0. The minimum Gasteiger partial charge on any atom is -0.289 e. The number of anilines is 1. The second kappa shape index (κ2) is 5.96. The van der Waals surface area contributed by atoms with Crippen LogP contribution in [-0.2, 0) is 0 Å². The highest BCUT2D eigenvalue weighted by atomic mass is 16.2. The van der Waals surface area contributed by atoms with E-state index in [1.54, 1.807) is 48.5 Å². The Labute approximate surface area is 115 Å². The van der Waals surface area contributed by atoms with Gasteiger partial charge in [-0.05, 0) is 24.3 Å². The Morgan fingerprint density at radius 1 is 0.900 bits per heavy atom. The summed E-state index contributed by atoms with van der Waals surface area (Å²) in [5.41, 5.74) is 3.47. The molecule has 2 amide bonds. The van der Waals surface area contributed by atoms with Crippen molar-refractivity contribution < 1.29 is 9.59 Å². The van der Waals surface area contributed by atoms with Gasteiger partial charge in [0.25, 0.3) is 0 Å². The first kappa shape index (κ1) is 13.7. The first-order valence-corrected chi connectivity index (χ1v) is 5.88. The van der Waals surface area contributed by atoms with Crippen molar-refractivity contribution in [3.05, 3.63) is 65.7 Å². The molecule has 0 aliphatic rings. The van der Waals surface area contributed by atoms with Crippen LogP contribution in [-0.4, -0.2) is 11.8 Å². The number of urea groups is 1. The molecule has 6 heteroatoms. The van der Waals surface area contributed by atoms with E-state index < -0.39 is 6.03 Å². The Balaban J connectivity index is 2.21. The van der Waals surface area contributed by atoms with Crippen molar-refractivity contribution in [2.24, 2.45) is 11.7 Å². The molecule has 20 heavy (non-hydrogen) atoms. The summed E-state index contributed by atoms with van der Waals surface area (Å²) in [5.74, 6) is 10.4. The molecule has 0 heterocycles. The number of carbonyl (C=O) groups excluding carboxylic acids is 2. The van der Waals surface area contributed by atoms with E-state index in [1.807, 2.05) is 11.5 Å². The Bertz CT molecular complexity index is 611. The van der Waals surface area contributed by atoms with E-state index in [-0.39, 0.29) is 5.78 Å². The van der Waals surface area contributed by atoms with Gasteiger partial charge >= 0.3 is 6.03 Å². The predicted molar refractivity (Wildman–Crippen MR) is 75.7 cm³/mol.